The summed E-state index contributed by atoms with van der Waals surface area (Å²) in [6.07, 6.45) is 1.88. The van der Waals surface area contributed by atoms with Gasteiger partial charge in [0.1, 0.15) is 0 Å². The maximum atomic E-state index is 12.9. The van der Waals surface area contributed by atoms with Crippen LogP contribution in [0.3, 0.4) is 0 Å². The summed E-state index contributed by atoms with van der Waals surface area (Å²) in [4.78, 5) is 0.266. The number of nitrogens with one attached hydrogen (secondary N) is 1. The van der Waals surface area contributed by atoms with Crippen molar-refractivity contribution in [2.24, 2.45) is 0 Å². The van der Waals surface area contributed by atoms with Gasteiger partial charge in [-0.05, 0) is 49.2 Å². The average Bonchev–Trinajstić information content (AvgIpc) is 3.20. The van der Waals surface area contributed by atoms with E-state index in [1.807, 2.05) is 86.8 Å². The van der Waals surface area contributed by atoms with Gasteiger partial charge >= 0.3 is 0 Å². The van der Waals surface area contributed by atoms with E-state index in [0.717, 1.165) is 33.6 Å². The van der Waals surface area contributed by atoms with E-state index in [9.17, 15) is 8.42 Å². The highest BCUT2D eigenvalue weighted by molar-refractivity contribution is 7.89. The van der Waals surface area contributed by atoms with Crippen LogP contribution in [0.4, 0.5) is 0 Å². The molecule has 1 heterocycles. The predicted molar refractivity (Wildman–Crippen MR) is 119 cm³/mol. The Hall–Kier alpha value is -3.22. The highest BCUT2D eigenvalue weighted by Crippen LogP contribution is 2.24. The van der Waals surface area contributed by atoms with Crippen LogP contribution < -0.4 is 4.72 Å². The summed E-state index contributed by atoms with van der Waals surface area (Å²) >= 11 is 0. The zero-order chi connectivity index (χ0) is 21.1. The third-order valence-corrected chi connectivity index (χ3v) is 6.50. The fourth-order valence-corrected chi connectivity index (χ4v) is 4.32. The van der Waals surface area contributed by atoms with Crippen molar-refractivity contribution in [3.05, 3.63) is 102 Å². The Labute approximate surface area is 177 Å². The molecule has 5 nitrogen and oxygen atoms in total. The Bertz CT molecular complexity index is 1260. The topological polar surface area (TPSA) is 64.0 Å². The highest BCUT2D eigenvalue weighted by Gasteiger charge is 2.18. The molecule has 0 radical (unpaired) electrons. The fraction of sp³-hybridized carbons (Fsp3) is 0.125. The quantitative estimate of drug-likeness (QED) is 0.497. The zero-order valence-corrected chi connectivity index (χ0v) is 17.7. The van der Waals surface area contributed by atoms with E-state index in [2.05, 4.69) is 4.72 Å². The van der Waals surface area contributed by atoms with Gasteiger partial charge in [-0.3, -0.25) is 0 Å². The number of benzene rings is 3. The van der Waals surface area contributed by atoms with Gasteiger partial charge in [-0.25, -0.2) is 17.8 Å². The van der Waals surface area contributed by atoms with Crippen molar-refractivity contribution < 1.29 is 8.42 Å². The number of sulfonamides is 1. The molecule has 1 aromatic heterocycles. The van der Waals surface area contributed by atoms with Crippen LogP contribution in [0.1, 0.15) is 16.7 Å². The van der Waals surface area contributed by atoms with Crippen LogP contribution >= 0.6 is 0 Å². The molecule has 0 saturated carbocycles. The first kappa shape index (κ1) is 20.1. The van der Waals surface area contributed by atoms with Crippen molar-refractivity contribution in [3.8, 4) is 16.9 Å². The van der Waals surface area contributed by atoms with E-state index in [-0.39, 0.29) is 11.4 Å². The molecule has 0 unspecified atom stereocenters. The van der Waals surface area contributed by atoms with Gasteiger partial charge in [0.2, 0.25) is 10.0 Å². The maximum Gasteiger partial charge on any atom is 0.240 e. The molecule has 0 aliphatic rings. The smallest absolute Gasteiger partial charge is 0.240 e. The maximum absolute atomic E-state index is 12.9. The van der Waals surface area contributed by atoms with Crippen molar-refractivity contribution in [3.63, 3.8) is 0 Å². The lowest BCUT2D eigenvalue weighted by Crippen LogP contribution is -2.23. The minimum atomic E-state index is -3.64. The number of hydrogen-bond acceptors (Lipinski definition) is 3. The minimum absolute atomic E-state index is 0.145. The van der Waals surface area contributed by atoms with Crippen molar-refractivity contribution in [1.29, 1.82) is 0 Å². The number of nitrogens with zero attached hydrogens (tertiary/aromatic N) is 2. The molecule has 0 fully saturated rings. The lowest BCUT2D eigenvalue weighted by atomic mass is 10.1. The van der Waals surface area contributed by atoms with Gasteiger partial charge in [-0.2, -0.15) is 5.10 Å². The third-order valence-electron chi connectivity index (χ3n) is 5.10. The van der Waals surface area contributed by atoms with Gasteiger partial charge in [-0.15, -0.1) is 0 Å². The Kier molecular flexibility index (Phi) is 5.53. The molecule has 0 aliphatic carbocycles. The Balaban J connectivity index is 1.67. The molecule has 0 atom stereocenters. The molecule has 152 valence electrons. The first-order valence-electron chi connectivity index (χ1n) is 9.70. The van der Waals surface area contributed by atoms with Gasteiger partial charge in [0, 0.05) is 23.9 Å². The normalized spacial score (nSPS) is 11.5. The van der Waals surface area contributed by atoms with Crippen molar-refractivity contribution >= 4 is 10.0 Å². The van der Waals surface area contributed by atoms with Gasteiger partial charge in [0.25, 0.3) is 0 Å². The molecule has 0 spiro atoms. The monoisotopic (exact) mass is 417 g/mol. The second-order valence-corrected chi connectivity index (χ2v) is 8.99. The molecule has 6 heteroatoms. The van der Waals surface area contributed by atoms with E-state index in [1.165, 1.54) is 0 Å². The second kappa shape index (κ2) is 8.26. The third kappa shape index (κ3) is 4.20. The van der Waals surface area contributed by atoms with Crippen molar-refractivity contribution in [2.45, 2.75) is 25.3 Å². The molecule has 3 aromatic carbocycles. The van der Waals surface area contributed by atoms with E-state index in [0.29, 0.717) is 0 Å². The summed E-state index contributed by atoms with van der Waals surface area (Å²) in [6, 6.07) is 24.7. The van der Waals surface area contributed by atoms with Crippen LogP contribution in [-0.2, 0) is 16.6 Å². The first-order valence-corrected chi connectivity index (χ1v) is 11.2. The molecule has 4 rings (SSSR count). The second-order valence-electron chi connectivity index (χ2n) is 7.22. The summed E-state index contributed by atoms with van der Waals surface area (Å²) in [5, 5.41) is 4.73. The number of aromatic nitrogens is 2. The molecule has 30 heavy (non-hydrogen) atoms. The Morgan fingerprint density at radius 2 is 1.53 bits per heavy atom. The van der Waals surface area contributed by atoms with Crippen molar-refractivity contribution in [1.82, 2.24) is 14.5 Å². The standard InChI is InChI=1S/C24H23N3O2S/c1-18-13-14-23(15-19(18)2)30(28,29)25-16-21-17-27(22-11-7-4-8-12-22)26-24(21)20-9-5-3-6-10-20/h3-15,17,25H,16H2,1-2H3. The van der Waals surface area contributed by atoms with E-state index in [1.54, 1.807) is 16.8 Å². The summed E-state index contributed by atoms with van der Waals surface area (Å²) in [5.41, 5.74) is 5.41. The summed E-state index contributed by atoms with van der Waals surface area (Å²) in [5.74, 6) is 0. The molecule has 0 bridgehead atoms. The van der Waals surface area contributed by atoms with Crippen LogP contribution in [0, 0.1) is 13.8 Å². The SMILES string of the molecule is Cc1ccc(S(=O)(=O)NCc2cn(-c3ccccc3)nc2-c2ccccc2)cc1C. The molecular weight excluding hydrogens is 394 g/mol. The predicted octanol–water partition coefficient (Wildman–Crippen LogP) is 4.63. The van der Waals surface area contributed by atoms with Crippen LogP contribution in [0.5, 0.6) is 0 Å². The van der Waals surface area contributed by atoms with Gasteiger partial charge in [-0.1, -0.05) is 54.6 Å². The van der Waals surface area contributed by atoms with Gasteiger partial charge < -0.3 is 0 Å². The number of hydrogen-bond donors (Lipinski definition) is 1. The number of para-hydroxylation sites is 1. The van der Waals surface area contributed by atoms with Gasteiger partial charge in [0.05, 0.1) is 16.3 Å². The molecule has 0 amide bonds. The van der Waals surface area contributed by atoms with Crippen LogP contribution in [0.2, 0.25) is 0 Å². The molecule has 1 N–H and O–H groups in total. The molecule has 0 saturated heterocycles. The summed E-state index contributed by atoms with van der Waals surface area (Å²) in [6.45, 7) is 4.02. The van der Waals surface area contributed by atoms with E-state index >= 15 is 0 Å². The lowest BCUT2D eigenvalue weighted by molar-refractivity contribution is 0.581. The first-order chi connectivity index (χ1) is 14.4. The fourth-order valence-electron chi connectivity index (χ4n) is 3.23. The summed E-state index contributed by atoms with van der Waals surface area (Å²) in [7, 11) is -3.64. The average molecular weight is 418 g/mol. The van der Waals surface area contributed by atoms with Crippen molar-refractivity contribution in [2.75, 3.05) is 0 Å². The Morgan fingerprint density at radius 1 is 0.867 bits per heavy atom. The van der Waals surface area contributed by atoms with E-state index in [4.69, 9.17) is 5.10 Å². The van der Waals surface area contributed by atoms with Crippen LogP contribution in [0.15, 0.2) is 90.0 Å². The highest BCUT2D eigenvalue weighted by atomic mass is 32.2. The number of rotatable bonds is 6. The zero-order valence-electron chi connectivity index (χ0n) is 16.9. The number of aryl methyl sites for hydroxylation is 2. The lowest BCUT2D eigenvalue weighted by Gasteiger charge is -2.09. The molecule has 4 aromatic rings. The van der Waals surface area contributed by atoms with Crippen LogP contribution in [-0.4, -0.2) is 18.2 Å². The Morgan fingerprint density at radius 3 is 2.20 bits per heavy atom. The van der Waals surface area contributed by atoms with E-state index < -0.39 is 10.0 Å². The summed E-state index contributed by atoms with van der Waals surface area (Å²) < 4.78 is 30.2. The molecule has 0 aliphatic heterocycles. The van der Waals surface area contributed by atoms with Crippen LogP contribution in [0.25, 0.3) is 16.9 Å². The van der Waals surface area contributed by atoms with Gasteiger partial charge in [0.15, 0.2) is 0 Å². The largest absolute Gasteiger partial charge is 0.240 e. The minimum Gasteiger partial charge on any atom is -0.240 e. The molecular formula is C24H23N3O2S.